The van der Waals surface area contributed by atoms with Crippen molar-refractivity contribution in [1.29, 1.82) is 0 Å². The summed E-state index contributed by atoms with van der Waals surface area (Å²) in [5.74, 6) is 0. The van der Waals surface area contributed by atoms with Gasteiger partial charge in [-0.25, -0.2) is 19.9 Å². The van der Waals surface area contributed by atoms with Gasteiger partial charge >= 0.3 is 0 Å². The largest absolute Gasteiger partial charge is 0.375 e. The Kier molecular flexibility index (Phi) is 3.38. The third-order valence-electron chi connectivity index (χ3n) is 2.86. The second-order valence-electron chi connectivity index (χ2n) is 4.25. The number of anilines is 1. The zero-order valence-electron chi connectivity index (χ0n) is 10.6. The Labute approximate surface area is 118 Å². The highest BCUT2D eigenvalue weighted by Crippen LogP contribution is 2.12. The van der Waals surface area contributed by atoms with Crippen molar-refractivity contribution in [3.05, 3.63) is 40.1 Å². The van der Waals surface area contributed by atoms with Crippen LogP contribution < -0.4 is 11.3 Å². The van der Waals surface area contributed by atoms with Crippen LogP contribution in [0.15, 0.2) is 28.9 Å². The van der Waals surface area contributed by atoms with Gasteiger partial charge in [-0.15, -0.1) is 11.3 Å². The van der Waals surface area contributed by atoms with Crippen molar-refractivity contribution in [1.82, 2.24) is 24.5 Å². The lowest BCUT2D eigenvalue weighted by atomic mass is 10.2. The van der Waals surface area contributed by atoms with Crippen molar-refractivity contribution in [2.24, 2.45) is 0 Å². The molecule has 0 unspecified atom stereocenters. The van der Waals surface area contributed by atoms with Crippen LogP contribution in [0.1, 0.15) is 12.1 Å². The molecule has 102 valence electrons. The molecule has 0 saturated heterocycles. The topological polar surface area (TPSA) is 99.6 Å². The van der Waals surface area contributed by atoms with Crippen LogP contribution in [0.5, 0.6) is 0 Å². The minimum Gasteiger partial charge on any atom is -0.375 e. The molecule has 3 rings (SSSR count). The fourth-order valence-electron chi connectivity index (χ4n) is 1.92. The molecule has 7 nitrogen and oxygen atoms in total. The van der Waals surface area contributed by atoms with Crippen LogP contribution in [0.4, 0.5) is 5.13 Å². The maximum absolute atomic E-state index is 12.2. The van der Waals surface area contributed by atoms with Gasteiger partial charge in [-0.1, -0.05) is 0 Å². The van der Waals surface area contributed by atoms with Crippen LogP contribution in [0.25, 0.3) is 11.2 Å². The molecule has 0 atom stereocenters. The Bertz CT molecular complexity index is 796. The lowest BCUT2D eigenvalue weighted by Gasteiger charge is -2.04. The van der Waals surface area contributed by atoms with Gasteiger partial charge in [0, 0.05) is 24.3 Å². The molecule has 0 amide bonds. The monoisotopic (exact) mass is 288 g/mol. The van der Waals surface area contributed by atoms with Crippen LogP contribution >= 0.6 is 11.3 Å². The fraction of sp³-hybridized carbons (Fsp3) is 0.250. The predicted molar refractivity (Wildman–Crippen MR) is 76.4 cm³/mol. The summed E-state index contributed by atoms with van der Waals surface area (Å²) in [7, 11) is 0. The summed E-state index contributed by atoms with van der Waals surface area (Å²) < 4.78 is 1.55. The van der Waals surface area contributed by atoms with Crippen LogP contribution in [0.3, 0.4) is 0 Å². The molecule has 2 N–H and O–H groups in total. The molecule has 0 radical (unpaired) electrons. The average Bonchev–Trinajstić information content (AvgIpc) is 2.87. The normalized spacial score (nSPS) is 11.0. The number of nitrogens with zero attached hydrogens (tertiary/aromatic N) is 5. The molecule has 3 aromatic rings. The Balaban J connectivity index is 1.74. The first-order chi connectivity index (χ1) is 9.74. The second kappa shape index (κ2) is 5.33. The summed E-state index contributed by atoms with van der Waals surface area (Å²) in [6.07, 6.45) is 6.09. The molecule has 0 saturated carbocycles. The van der Waals surface area contributed by atoms with Crippen molar-refractivity contribution in [3.8, 4) is 0 Å². The van der Waals surface area contributed by atoms with E-state index in [2.05, 4.69) is 19.9 Å². The van der Waals surface area contributed by atoms with E-state index in [-0.39, 0.29) is 5.56 Å². The Hall–Kier alpha value is -2.35. The lowest BCUT2D eigenvalue weighted by Crippen LogP contribution is -2.22. The molecule has 0 aliphatic rings. The van der Waals surface area contributed by atoms with E-state index in [0.29, 0.717) is 22.8 Å². The van der Waals surface area contributed by atoms with Crippen molar-refractivity contribution in [2.75, 3.05) is 5.73 Å². The third kappa shape index (κ3) is 2.50. The fourth-order valence-corrected chi connectivity index (χ4v) is 2.51. The van der Waals surface area contributed by atoms with E-state index >= 15 is 0 Å². The smallest absolute Gasteiger partial charge is 0.281 e. The molecule has 0 aliphatic heterocycles. The number of hydrogen-bond acceptors (Lipinski definition) is 7. The van der Waals surface area contributed by atoms with Gasteiger partial charge in [-0.2, -0.15) is 0 Å². The molecular formula is C12H12N6OS. The molecule has 8 heteroatoms. The van der Waals surface area contributed by atoms with Gasteiger partial charge in [0.1, 0.15) is 6.33 Å². The van der Waals surface area contributed by atoms with Crippen LogP contribution in [0, 0.1) is 0 Å². The van der Waals surface area contributed by atoms with Crippen molar-refractivity contribution in [3.63, 3.8) is 0 Å². The van der Waals surface area contributed by atoms with Gasteiger partial charge < -0.3 is 5.73 Å². The minimum atomic E-state index is -0.166. The highest BCUT2D eigenvalue weighted by Gasteiger charge is 2.06. The zero-order chi connectivity index (χ0) is 13.9. The van der Waals surface area contributed by atoms with E-state index in [4.69, 9.17) is 5.73 Å². The molecule has 0 bridgehead atoms. The first kappa shape index (κ1) is 12.7. The van der Waals surface area contributed by atoms with Crippen molar-refractivity contribution in [2.45, 2.75) is 19.4 Å². The maximum Gasteiger partial charge on any atom is 0.281 e. The van der Waals surface area contributed by atoms with Gasteiger partial charge in [0.05, 0.1) is 5.69 Å². The average molecular weight is 288 g/mol. The minimum absolute atomic E-state index is 0.166. The quantitative estimate of drug-likeness (QED) is 0.764. The Morgan fingerprint density at radius 2 is 2.10 bits per heavy atom. The standard InChI is InChI=1S/C12H12N6OS/c13-12-17-8(6-20-12)2-1-5-18-7-16-10-9(11(18)19)14-3-4-15-10/h3-4,6-7H,1-2,5H2,(H2,13,17). The van der Waals surface area contributed by atoms with Crippen molar-refractivity contribution < 1.29 is 0 Å². The van der Waals surface area contributed by atoms with Crippen LogP contribution in [-0.2, 0) is 13.0 Å². The van der Waals surface area contributed by atoms with Crippen molar-refractivity contribution >= 4 is 27.6 Å². The van der Waals surface area contributed by atoms with E-state index in [1.165, 1.54) is 30.1 Å². The highest BCUT2D eigenvalue weighted by atomic mass is 32.1. The Morgan fingerprint density at radius 3 is 2.90 bits per heavy atom. The highest BCUT2D eigenvalue weighted by molar-refractivity contribution is 7.13. The summed E-state index contributed by atoms with van der Waals surface area (Å²) in [5.41, 5.74) is 7.04. The summed E-state index contributed by atoms with van der Waals surface area (Å²) in [6.45, 7) is 0.565. The van der Waals surface area contributed by atoms with Crippen LogP contribution in [-0.4, -0.2) is 24.5 Å². The summed E-state index contributed by atoms with van der Waals surface area (Å²) in [5, 5.41) is 2.50. The van der Waals surface area contributed by atoms with E-state index in [9.17, 15) is 4.79 Å². The number of thiazole rings is 1. The molecule has 0 aromatic carbocycles. The Morgan fingerprint density at radius 1 is 1.25 bits per heavy atom. The maximum atomic E-state index is 12.2. The molecule has 0 aliphatic carbocycles. The molecule has 3 heterocycles. The SMILES string of the molecule is Nc1nc(CCCn2cnc3nccnc3c2=O)cs1. The van der Waals surface area contributed by atoms with Crippen LogP contribution in [0.2, 0.25) is 0 Å². The zero-order valence-corrected chi connectivity index (χ0v) is 11.4. The first-order valence-electron chi connectivity index (χ1n) is 6.10. The number of hydrogen-bond donors (Lipinski definition) is 1. The number of fused-ring (bicyclic) bond motifs is 1. The summed E-state index contributed by atoms with van der Waals surface area (Å²) >= 11 is 1.42. The summed E-state index contributed by atoms with van der Waals surface area (Å²) in [6, 6.07) is 0. The van der Waals surface area contributed by atoms with E-state index in [1.807, 2.05) is 5.38 Å². The molecule has 20 heavy (non-hydrogen) atoms. The number of nitrogen functional groups attached to an aromatic ring is 1. The molecule has 0 spiro atoms. The lowest BCUT2D eigenvalue weighted by molar-refractivity contribution is 0.612. The second-order valence-corrected chi connectivity index (χ2v) is 5.14. The molecule has 0 fully saturated rings. The molecule has 3 aromatic heterocycles. The molecular weight excluding hydrogens is 276 g/mol. The van der Waals surface area contributed by atoms with Gasteiger partial charge in [-0.3, -0.25) is 9.36 Å². The van der Waals surface area contributed by atoms with Gasteiger partial charge in [0.25, 0.3) is 5.56 Å². The third-order valence-corrected chi connectivity index (χ3v) is 3.59. The van der Waals surface area contributed by atoms with E-state index in [0.717, 1.165) is 18.5 Å². The summed E-state index contributed by atoms with van der Waals surface area (Å²) in [4.78, 5) is 28.5. The van der Waals surface area contributed by atoms with Gasteiger partial charge in [-0.05, 0) is 12.8 Å². The number of nitrogens with two attached hydrogens (primary N) is 1. The number of aryl methyl sites for hydroxylation is 2. The van der Waals surface area contributed by atoms with E-state index in [1.54, 1.807) is 4.57 Å². The number of rotatable bonds is 4. The number of aromatic nitrogens is 5. The predicted octanol–water partition coefficient (Wildman–Crippen LogP) is 0.858. The van der Waals surface area contributed by atoms with E-state index < -0.39 is 0 Å². The van der Waals surface area contributed by atoms with Gasteiger partial charge in [0.2, 0.25) is 0 Å². The first-order valence-corrected chi connectivity index (χ1v) is 6.98. The van der Waals surface area contributed by atoms with Gasteiger partial charge in [0.15, 0.2) is 16.3 Å².